The van der Waals surface area contributed by atoms with E-state index in [-0.39, 0.29) is 0 Å². The Morgan fingerprint density at radius 2 is 1.92 bits per heavy atom. The van der Waals surface area contributed by atoms with E-state index in [1.54, 1.807) is 0 Å². The minimum atomic E-state index is 0.799. The van der Waals surface area contributed by atoms with E-state index >= 15 is 0 Å². The Morgan fingerprint density at radius 1 is 1.12 bits per heavy atom. The van der Waals surface area contributed by atoms with Crippen LogP contribution in [0.5, 0.6) is 0 Å². The molecule has 0 aliphatic carbocycles. The van der Waals surface area contributed by atoms with Gasteiger partial charge in [-0.15, -0.1) is 0 Å². The number of unbranched alkanes of at least 4 members (excludes halogenated alkanes) is 1. The molecule has 136 valence electrons. The van der Waals surface area contributed by atoms with Gasteiger partial charge >= 0.3 is 0 Å². The Kier molecular flexibility index (Phi) is 12.3. The van der Waals surface area contributed by atoms with E-state index in [0.717, 1.165) is 63.2 Å². The number of guanidine groups is 1. The van der Waals surface area contributed by atoms with E-state index in [0.29, 0.717) is 0 Å². The maximum Gasteiger partial charge on any atom is 0.191 e. The fourth-order valence-corrected chi connectivity index (χ4v) is 2.93. The fraction of sp³-hybridized carbons (Fsp3) is 0.632. The number of ether oxygens (including phenoxy) is 1. The first-order chi connectivity index (χ1) is 11.8. The van der Waals surface area contributed by atoms with Crippen LogP contribution in [-0.2, 0) is 10.5 Å². The van der Waals surface area contributed by atoms with E-state index in [9.17, 15) is 0 Å². The maximum absolute atomic E-state index is 5.34. The van der Waals surface area contributed by atoms with Crippen molar-refractivity contribution in [2.45, 2.75) is 39.4 Å². The molecule has 0 fully saturated rings. The summed E-state index contributed by atoms with van der Waals surface area (Å²) in [6.07, 6.45) is 2.14. The van der Waals surface area contributed by atoms with Crippen LogP contribution in [0.1, 0.15) is 37.8 Å². The molecule has 0 saturated heterocycles. The summed E-state index contributed by atoms with van der Waals surface area (Å²) in [4.78, 5) is 4.61. The molecule has 0 unspecified atom stereocenters. The summed E-state index contributed by atoms with van der Waals surface area (Å²) >= 11 is 1.95. The van der Waals surface area contributed by atoms with Gasteiger partial charge in [0.1, 0.15) is 0 Å². The molecule has 0 saturated carbocycles. The third-order valence-electron chi connectivity index (χ3n) is 3.44. The van der Waals surface area contributed by atoms with Crippen molar-refractivity contribution in [3.05, 3.63) is 35.4 Å². The van der Waals surface area contributed by atoms with Gasteiger partial charge in [0.2, 0.25) is 0 Å². The number of benzene rings is 1. The molecule has 1 aromatic carbocycles. The molecule has 0 heterocycles. The summed E-state index contributed by atoms with van der Waals surface area (Å²) in [5.74, 6) is 3.06. The van der Waals surface area contributed by atoms with Gasteiger partial charge in [0.15, 0.2) is 5.96 Å². The highest BCUT2D eigenvalue weighted by Gasteiger charge is 1.98. The lowest BCUT2D eigenvalue weighted by Crippen LogP contribution is -2.38. The number of thioether (sulfide) groups is 1. The van der Waals surface area contributed by atoms with E-state index in [4.69, 9.17) is 4.74 Å². The molecule has 24 heavy (non-hydrogen) atoms. The van der Waals surface area contributed by atoms with Crippen LogP contribution in [0.15, 0.2) is 29.3 Å². The predicted molar refractivity (Wildman–Crippen MR) is 107 cm³/mol. The lowest BCUT2D eigenvalue weighted by molar-refractivity contribution is 0.144. The Balaban J connectivity index is 2.14. The second-order valence-electron chi connectivity index (χ2n) is 5.63. The van der Waals surface area contributed by atoms with E-state index in [2.05, 4.69) is 53.7 Å². The summed E-state index contributed by atoms with van der Waals surface area (Å²) in [6, 6.07) is 8.78. The van der Waals surface area contributed by atoms with Gasteiger partial charge in [-0.05, 0) is 39.2 Å². The zero-order chi connectivity index (χ0) is 17.5. The maximum atomic E-state index is 5.34. The zero-order valence-electron chi connectivity index (χ0n) is 15.4. The number of rotatable bonds is 12. The molecule has 0 aliphatic rings. The first-order valence-electron chi connectivity index (χ1n) is 8.99. The number of hydrogen-bond donors (Lipinski definition) is 2. The summed E-state index contributed by atoms with van der Waals surface area (Å²) < 4.78 is 5.34. The van der Waals surface area contributed by atoms with Gasteiger partial charge in [-0.3, -0.25) is 4.99 Å². The van der Waals surface area contributed by atoms with E-state index < -0.39 is 0 Å². The van der Waals surface area contributed by atoms with Crippen LogP contribution in [-0.4, -0.2) is 44.6 Å². The smallest absolute Gasteiger partial charge is 0.191 e. The molecule has 0 atom stereocenters. The number of nitrogens with zero attached hydrogens (tertiary/aromatic N) is 1. The monoisotopic (exact) mass is 351 g/mol. The Hall–Kier alpha value is -1.20. The summed E-state index contributed by atoms with van der Waals surface area (Å²) in [6.45, 7) is 10.6. The van der Waals surface area contributed by atoms with Crippen molar-refractivity contribution in [2.24, 2.45) is 4.99 Å². The largest absolute Gasteiger partial charge is 0.382 e. The average molecular weight is 352 g/mol. The van der Waals surface area contributed by atoms with Crippen molar-refractivity contribution in [3.63, 3.8) is 0 Å². The van der Waals surface area contributed by atoms with Gasteiger partial charge in [0.05, 0.1) is 0 Å². The number of aliphatic imine (C=N–C) groups is 1. The molecule has 4 nitrogen and oxygen atoms in total. The predicted octanol–water partition coefficient (Wildman–Crippen LogP) is 3.60. The molecule has 2 N–H and O–H groups in total. The van der Waals surface area contributed by atoms with Gasteiger partial charge in [-0.2, -0.15) is 11.8 Å². The lowest BCUT2D eigenvalue weighted by atomic mass is 10.2. The van der Waals surface area contributed by atoms with Crippen LogP contribution in [0.3, 0.4) is 0 Å². The van der Waals surface area contributed by atoms with Gasteiger partial charge in [-0.1, -0.05) is 29.8 Å². The first-order valence-corrected chi connectivity index (χ1v) is 10.1. The molecule has 0 radical (unpaired) electrons. The number of aryl methyl sites for hydroxylation is 1. The number of nitrogens with one attached hydrogen (secondary N) is 2. The minimum absolute atomic E-state index is 0.799. The highest BCUT2D eigenvalue weighted by Crippen LogP contribution is 2.12. The second-order valence-corrected chi connectivity index (χ2v) is 6.73. The second kappa shape index (κ2) is 14.2. The molecule has 1 aromatic rings. The van der Waals surface area contributed by atoms with Crippen LogP contribution >= 0.6 is 11.8 Å². The zero-order valence-corrected chi connectivity index (χ0v) is 16.3. The normalized spacial score (nSPS) is 11.5. The minimum Gasteiger partial charge on any atom is -0.382 e. The van der Waals surface area contributed by atoms with Gasteiger partial charge < -0.3 is 15.4 Å². The molecular formula is C19H33N3OS. The molecular weight excluding hydrogens is 318 g/mol. The summed E-state index contributed by atoms with van der Waals surface area (Å²) in [5, 5.41) is 6.70. The van der Waals surface area contributed by atoms with Crippen molar-refractivity contribution < 1.29 is 4.74 Å². The fourth-order valence-electron chi connectivity index (χ4n) is 2.11. The third kappa shape index (κ3) is 10.6. The van der Waals surface area contributed by atoms with Crippen molar-refractivity contribution in [1.29, 1.82) is 0 Å². The topological polar surface area (TPSA) is 45.7 Å². The molecule has 0 spiro atoms. The van der Waals surface area contributed by atoms with Gasteiger partial charge in [0, 0.05) is 44.4 Å². The van der Waals surface area contributed by atoms with Crippen LogP contribution in [0.4, 0.5) is 0 Å². The van der Waals surface area contributed by atoms with Crippen LogP contribution < -0.4 is 10.6 Å². The summed E-state index contributed by atoms with van der Waals surface area (Å²) in [5.41, 5.74) is 2.71. The van der Waals surface area contributed by atoms with E-state index in [1.807, 2.05) is 18.7 Å². The average Bonchev–Trinajstić information content (AvgIpc) is 2.59. The highest BCUT2D eigenvalue weighted by atomic mass is 32.2. The Labute approximate surface area is 151 Å². The van der Waals surface area contributed by atoms with Crippen molar-refractivity contribution in [2.75, 3.05) is 38.6 Å². The van der Waals surface area contributed by atoms with Crippen LogP contribution in [0, 0.1) is 6.92 Å². The van der Waals surface area contributed by atoms with E-state index in [1.165, 1.54) is 11.1 Å². The molecule has 0 amide bonds. The van der Waals surface area contributed by atoms with Crippen LogP contribution in [0.2, 0.25) is 0 Å². The Morgan fingerprint density at radius 3 is 2.62 bits per heavy atom. The molecule has 0 aromatic heterocycles. The quantitative estimate of drug-likeness (QED) is 0.343. The van der Waals surface area contributed by atoms with Crippen molar-refractivity contribution in [1.82, 2.24) is 10.6 Å². The van der Waals surface area contributed by atoms with Crippen molar-refractivity contribution in [3.8, 4) is 0 Å². The highest BCUT2D eigenvalue weighted by molar-refractivity contribution is 7.98. The molecule has 0 aliphatic heterocycles. The van der Waals surface area contributed by atoms with Crippen molar-refractivity contribution >= 4 is 17.7 Å². The molecule has 1 rings (SSSR count). The van der Waals surface area contributed by atoms with Gasteiger partial charge in [0.25, 0.3) is 0 Å². The number of hydrogen-bond acceptors (Lipinski definition) is 3. The summed E-state index contributed by atoms with van der Waals surface area (Å²) in [7, 11) is 0. The van der Waals surface area contributed by atoms with Crippen LogP contribution in [0.25, 0.3) is 0 Å². The first kappa shape index (κ1) is 20.8. The lowest BCUT2D eigenvalue weighted by Gasteiger charge is -2.11. The standard InChI is InChI=1S/C19H33N3OS/c1-4-20-19(21-12-6-7-14-23-5-2)22-13-15-24-16-18-10-8-17(3)9-11-18/h8-11H,4-7,12-16H2,1-3H3,(H2,20,21,22). The molecule has 0 bridgehead atoms. The van der Waals surface area contributed by atoms with Gasteiger partial charge in [-0.25, -0.2) is 0 Å². The molecule has 5 heteroatoms. The third-order valence-corrected chi connectivity index (χ3v) is 4.47. The SMILES string of the molecule is CCNC(=NCCCCOCC)NCCSCc1ccc(C)cc1. The Bertz CT molecular complexity index is 448.